The number of methoxy groups -OCH3 is 1. The Labute approximate surface area is 196 Å². The number of carbonyl (C=O) groups is 2. The Kier molecular flexibility index (Phi) is 7.19. The molecule has 0 spiro atoms. The van der Waals surface area contributed by atoms with Gasteiger partial charge >= 0.3 is 5.97 Å². The summed E-state index contributed by atoms with van der Waals surface area (Å²) in [5.41, 5.74) is 3.22. The minimum Gasteiger partial charge on any atom is -0.495 e. The molecule has 1 saturated heterocycles. The summed E-state index contributed by atoms with van der Waals surface area (Å²) >= 11 is 0. The molecule has 34 heavy (non-hydrogen) atoms. The van der Waals surface area contributed by atoms with Gasteiger partial charge in [-0.2, -0.15) is 5.10 Å². The van der Waals surface area contributed by atoms with Gasteiger partial charge in [0.15, 0.2) is 0 Å². The number of aromatic amines is 1. The number of carboxylic acid groups (broad SMARTS) is 1. The van der Waals surface area contributed by atoms with Crippen molar-refractivity contribution in [2.24, 2.45) is 0 Å². The van der Waals surface area contributed by atoms with E-state index in [2.05, 4.69) is 25.4 Å². The Morgan fingerprint density at radius 2 is 2.09 bits per heavy atom. The third-order valence-electron chi connectivity index (χ3n) is 5.85. The molecule has 2 aromatic heterocycles. The average molecular weight is 466 g/mol. The van der Waals surface area contributed by atoms with Gasteiger partial charge in [-0.15, -0.1) is 0 Å². The third kappa shape index (κ3) is 5.41. The van der Waals surface area contributed by atoms with Crippen LogP contribution in [0.5, 0.6) is 5.75 Å². The summed E-state index contributed by atoms with van der Waals surface area (Å²) in [6.45, 7) is 0.349. The first-order valence-corrected chi connectivity index (χ1v) is 10.9. The second kappa shape index (κ2) is 10.4. The first-order chi connectivity index (χ1) is 16.4. The molecule has 10 nitrogen and oxygen atoms in total. The molecule has 1 amide bonds. The molecule has 1 aromatic carbocycles. The molecule has 2 unspecified atom stereocenters. The van der Waals surface area contributed by atoms with Crippen molar-refractivity contribution in [1.29, 1.82) is 0 Å². The first-order valence-electron chi connectivity index (χ1n) is 10.9. The largest absolute Gasteiger partial charge is 0.495 e. The lowest BCUT2D eigenvalue weighted by Gasteiger charge is -2.37. The van der Waals surface area contributed by atoms with Crippen LogP contribution in [0.1, 0.15) is 34.9 Å². The van der Waals surface area contributed by atoms with E-state index < -0.39 is 5.97 Å². The number of benzene rings is 1. The molecule has 0 aliphatic carbocycles. The number of aromatic nitrogens is 3. The second-order valence-corrected chi connectivity index (χ2v) is 8.15. The van der Waals surface area contributed by atoms with Gasteiger partial charge in [0.05, 0.1) is 30.3 Å². The maximum absolute atomic E-state index is 12.9. The number of pyridine rings is 1. The molecule has 1 aliphatic heterocycles. The van der Waals surface area contributed by atoms with E-state index in [1.807, 2.05) is 25.2 Å². The normalized spacial score (nSPS) is 18.4. The van der Waals surface area contributed by atoms with Crippen molar-refractivity contribution in [2.45, 2.75) is 25.0 Å². The van der Waals surface area contributed by atoms with E-state index in [9.17, 15) is 9.59 Å². The zero-order valence-corrected chi connectivity index (χ0v) is 19.0. The van der Waals surface area contributed by atoms with Gasteiger partial charge in [-0.1, -0.05) is 12.1 Å². The number of carboxylic acids is 1. The number of carbonyl (C=O) groups excluding carboxylic acids is 1. The van der Waals surface area contributed by atoms with Gasteiger partial charge in [0.1, 0.15) is 18.1 Å². The fourth-order valence-electron chi connectivity index (χ4n) is 4.16. The number of likely N-dealkylation sites (N-methyl/N-ethyl adjacent to an activating group) is 1. The Morgan fingerprint density at radius 1 is 1.24 bits per heavy atom. The van der Waals surface area contributed by atoms with Crippen molar-refractivity contribution in [3.05, 3.63) is 59.9 Å². The number of amides is 1. The van der Waals surface area contributed by atoms with Crippen LogP contribution in [0.4, 0.5) is 5.69 Å². The second-order valence-electron chi connectivity index (χ2n) is 8.15. The molecule has 1 fully saturated rings. The number of nitrogens with zero attached hydrogens (tertiary/aromatic N) is 3. The zero-order valence-electron chi connectivity index (χ0n) is 19.0. The fraction of sp³-hybridized carbons (Fsp3) is 0.333. The van der Waals surface area contributed by atoms with Gasteiger partial charge in [-0.25, -0.2) is 9.78 Å². The lowest BCUT2D eigenvalue weighted by atomic mass is 9.94. The van der Waals surface area contributed by atoms with Gasteiger partial charge in [0, 0.05) is 18.8 Å². The van der Waals surface area contributed by atoms with E-state index in [0.29, 0.717) is 23.7 Å². The molecule has 0 radical (unpaired) electrons. The van der Waals surface area contributed by atoms with Crippen LogP contribution in [0.15, 0.2) is 48.7 Å². The SMILES string of the molecule is COc1cc(C2CCC(OCC(=O)O)CN2C)ccc1NC(=O)c1cccc(-c2ccn[nH]2)n1. The van der Waals surface area contributed by atoms with E-state index in [1.54, 1.807) is 37.6 Å². The van der Waals surface area contributed by atoms with Gasteiger partial charge in [-0.3, -0.25) is 14.8 Å². The number of hydrogen-bond acceptors (Lipinski definition) is 7. The minimum absolute atomic E-state index is 0.108. The number of rotatable bonds is 8. The van der Waals surface area contributed by atoms with Crippen molar-refractivity contribution in [1.82, 2.24) is 20.1 Å². The van der Waals surface area contributed by atoms with Crippen molar-refractivity contribution in [3.63, 3.8) is 0 Å². The number of nitrogens with one attached hydrogen (secondary N) is 2. The molecular weight excluding hydrogens is 438 g/mol. The molecule has 3 aromatic rings. The van der Waals surface area contributed by atoms with E-state index in [4.69, 9.17) is 14.6 Å². The monoisotopic (exact) mass is 465 g/mol. The molecule has 0 saturated carbocycles. The lowest BCUT2D eigenvalue weighted by Crippen LogP contribution is -2.40. The van der Waals surface area contributed by atoms with Crippen molar-refractivity contribution in [2.75, 3.05) is 32.6 Å². The highest BCUT2D eigenvalue weighted by atomic mass is 16.5. The van der Waals surface area contributed by atoms with Crippen LogP contribution >= 0.6 is 0 Å². The average Bonchev–Trinajstić information content (AvgIpc) is 3.38. The van der Waals surface area contributed by atoms with Gasteiger partial charge < -0.3 is 19.9 Å². The van der Waals surface area contributed by atoms with Crippen LogP contribution in [-0.2, 0) is 9.53 Å². The van der Waals surface area contributed by atoms with E-state index in [0.717, 1.165) is 24.1 Å². The molecule has 10 heteroatoms. The number of anilines is 1. The summed E-state index contributed by atoms with van der Waals surface area (Å²) in [4.78, 5) is 30.2. The van der Waals surface area contributed by atoms with Crippen LogP contribution in [-0.4, -0.2) is 70.5 Å². The highest BCUT2D eigenvalue weighted by Crippen LogP contribution is 2.35. The fourth-order valence-corrected chi connectivity index (χ4v) is 4.16. The third-order valence-corrected chi connectivity index (χ3v) is 5.85. The van der Waals surface area contributed by atoms with Crippen LogP contribution < -0.4 is 10.1 Å². The molecule has 2 atom stereocenters. The van der Waals surface area contributed by atoms with Crippen molar-refractivity contribution >= 4 is 17.6 Å². The van der Waals surface area contributed by atoms with Crippen LogP contribution in [0, 0.1) is 0 Å². The number of H-pyrrole nitrogens is 1. The number of ether oxygens (including phenoxy) is 2. The maximum atomic E-state index is 12.9. The van der Waals surface area contributed by atoms with E-state index in [1.165, 1.54) is 0 Å². The highest BCUT2D eigenvalue weighted by molar-refractivity contribution is 6.04. The summed E-state index contributed by atoms with van der Waals surface area (Å²) in [6, 6.07) is 12.9. The smallest absolute Gasteiger partial charge is 0.329 e. The molecule has 3 N–H and O–H groups in total. The van der Waals surface area contributed by atoms with E-state index in [-0.39, 0.29) is 30.4 Å². The highest BCUT2D eigenvalue weighted by Gasteiger charge is 2.28. The Hall–Kier alpha value is -3.76. The summed E-state index contributed by atoms with van der Waals surface area (Å²) < 4.78 is 11.0. The molecule has 4 rings (SSSR count). The van der Waals surface area contributed by atoms with Crippen molar-refractivity contribution < 1.29 is 24.2 Å². The number of hydrogen-bond donors (Lipinski definition) is 3. The van der Waals surface area contributed by atoms with E-state index >= 15 is 0 Å². The number of likely N-dealkylation sites (tertiary alicyclic amines) is 1. The molecule has 178 valence electrons. The maximum Gasteiger partial charge on any atom is 0.329 e. The summed E-state index contributed by atoms with van der Waals surface area (Å²) in [5, 5.41) is 18.5. The lowest BCUT2D eigenvalue weighted by molar-refractivity contribution is -0.145. The Bertz CT molecular complexity index is 1150. The first kappa shape index (κ1) is 23.4. The molecular formula is C24H27N5O5. The van der Waals surface area contributed by atoms with Crippen LogP contribution in [0.2, 0.25) is 0 Å². The van der Waals surface area contributed by atoms with Gasteiger partial charge in [0.25, 0.3) is 5.91 Å². The summed E-state index contributed by atoms with van der Waals surface area (Å²) in [7, 11) is 3.55. The number of piperidine rings is 1. The minimum atomic E-state index is -0.963. The van der Waals surface area contributed by atoms with Gasteiger partial charge in [0.2, 0.25) is 0 Å². The van der Waals surface area contributed by atoms with Crippen molar-refractivity contribution in [3.8, 4) is 17.1 Å². The standard InChI is InChI=1S/C24H27N5O5/c1-29-13-16(34-14-23(30)31)7-9-21(29)15-6-8-19(22(12-15)33-2)27-24(32)20-5-3-4-17(26-20)18-10-11-25-28-18/h3-6,8,10-12,16,21H,7,9,13-14H2,1-2H3,(H,25,28)(H,27,32)(H,30,31). The molecule has 1 aliphatic rings. The van der Waals surface area contributed by atoms with Gasteiger partial charge in [-0.05, 0) is 55.8 Å². The van der Waals surface area contributed by atoms with Crippen LogP contribution in [0.3, 0.4) is 0 Å². The topological polar surface area (TPSA) is 130 Å². The molecule has 3 heterocycles. The summed E-state index contributed by atoms with van der Waals surface area (Å²) in [5.74, 6) is -0.760. The summed E-state index contributed by atoms with van der Waals surface area (Å²) in [6.07, 6.45) is 3.10. The Morgan fingerprint density at radius 3 is 2.79 bits per heavy atom. The predicted octanol–water partition coefficient (Wildman–Crippen LogP) is 2.97. The number of aliphatic carboxylic acids is 1. The quantitative estimate of drug-likeness (QED) is 0.463. The van der Waals surface area contributed by atoms with Crippen LogP contribution in [0.25, 0.3) is 11.4 Å². The molecule has 0 bridgehead atoms. The predicted molar refractivity (Wildman–Crippen MR) is 125 cm³/mol. The Balaban J connectivity index is 1.45. The zero-order chi connectivity index (χ0) is 24.1.